The summed E-state index contributed by atoms with van der Waals surface area (Å²) in [6.45, 7) is 1.87. The lowest BCUT2D eigenvalue weighted by atomic mass is 10.1. The molecule has 0 aliphatic rings. The highest BCUT2D eigenvalue weighted by atomic mass is 35.5. The molecule has 4 heteroatoms. The van der Waals surface area contributed by atoms with Crippen LogP contribution >= 0.6 is 22.9 Å². The molecule has 0 saturated heterocycles. The van der Waals surface area contributed by atoms with E-state index in [0.29, 0.717) is 17.2 Å². The second-order valence-corrected chi connectivity index (χ2v) is 5.93. The summed E-state index contributed by atoms with van der Waals surface area (Å²) in [4.78, 5) is 1.29. The molecule has 2 nitrogen and oxygen atoms in total. The topological polar surface area (TPSA) is 29.5 Å². The fraction of sp³-hybridized carbons (Fsp3) is 0.333. The molecule has 0 fully saturated rings. The van der Waals surface area contributed by atoms with Gasteiger partial charge in [0.2, 0.25) is 0 Å². The van der Waals surface area contributed by atoms with Crippen LogP contribution in [0.3, 0.4) is 0 Å². The van der Waals surface area contributed by atoms with E-state index in [1.54, 1.807) is 23.5 Å². The molecule has 2 aromatic rings. The Labute approximate surface area is 122 Å². The first kappa shape index (κ1) is 14.4. The van der Waals surface area contributed by atoms with Gasteiger partial charge in [0.1, 0.15) is 11.9 Å². The van der Waals surface area contributed by atoms with Crippen molar-refractivity contribution in [2.75, 3.05) is 0 Å². The Balaban J connectivity index is 1.83. The molecule has 1 heterocycles. The number of aryl methyl sites for hydroxylation is 1. The Bertz CT molecular complexity index is 499. The van der Waals surface area contributed by atoms with Gasteiger partial charge in [0, 0.05) is 9.90 Å². The fourth-order valence-corrected chi connectivity index (χ4v) is 2.72. The normalized spacial score (nSPS) is 14.1. The highest BCUT2D eigenvalue weighted by Crippen LogP contribution is 2.20. The molecule has 2 unspecified atom stereocenters. The van der Waals surface area contributed by atoms with Crippen molar-refractivity contribution in [3.63, 3.8) is 0 Å². The molecule has 1 N–H and O–H groups in total. The van der Waals surface area contributed by atoms with E-state index in [1.807, 2.05) is 30.5 Å². The molecule has 0 aliphatic heterocycles. The van der Waals surface area contributed by atoms with E-state index in [-0.39, 0.29) is 6.10 Å². The zero-order chi connectivity index (χ0) is 13.7. The van der Waals surface area contributed by atoms with Crippen LogP contribution in [-0.2, 0) is 6.42 Å². The van der Waals surface area contributed by atoms with E-state index >= 15 is 0 Å². The summed E-state index contributed by atoms with van der Waals surface area (Å²) in [6, 6.07) is 11.3. The summed E-state index contributed by atoms with van der Waals surface area (Å²) in [7, 11) is 0. The summed E-state index contributed by atoms with van der Waals surface area (Å²) in [5.41, 5.74) is 0. The predicted molar refractivity (Wildman–Crippen MR) is 80.2 cm³/mol. The zero-order valence-corrected chi connectivity index (χ0v) is 12.3. The van der Waals surface area contributed by atoms with Crippen molar-refractivity contribution in [2.24, 2.45) is 0 Å². The summed E-state index contributed by atoms with van der Waals surface area (Å²) < 4.78 is 5.70. The van der Waals surface area contributed by atoms with Crippen LogP contribution in [0.4, 0.5) is 0 Å². The van der Waals surface area contributed by atoms with Gasteiger partial charge in [-0.3, -0.25) is 0 Å². The average Bonchev–Trinajstić information content (AvgIpc) is 2.89. The monoisotopic (exact) mass is 296 g/mol. The van der Waals surface area contributed by atoms with Gasteiger partial charge in [-0.25, -0.2) is 0 Å². The van der Waals surface area contributed by atoms with Crippen LogP contribution < -0.4 is 4.74 Å². The van der Waals surface area contributed by atoms with Crippen LogP contribution in [0.15, 0.2) is 41.8 Å². The van der Waals surface area contributed by atoms with Crippen LogP contribution in [-0.4, -0.2) is 17.3 Å². The maximum absolute atomic E-state index is 10.1. The second-order valence-electron chi connectivity index (χ2n) is 4.47. The Hall–Kier alpha value is -1.03. The van der Waals surface area contributed by atoms with Gasteiger partial charge in [-0.05, 0) is 49.4 Å². The molecule has 1 aromatic heterocycles. The smallest absolute Gasteiger partial charge is 0.122 e. The third-order valence-corrected chi connectivity index (χ3v) is 4.10. The number of halogens is 1. The van der Waals surface area contributed by atoms with Gasteiger partial charge < -0.3 is 9.84 Å². The minimum Gasteiger partial charge on any atom is -0.488 e. The minimum absolute atomic E-state index is 0.251. The van der Waals surface area contributed by atoms with Crippen molar-refractivity contribution in [2.45, 2.75) is 32.0 Å². The SMILES string of the molecule is CC(Oc1cccc(Cl)c1)C(O)CCc1cccs1. The van der Waals surface area contributed by atoms with E-state index in [0.717, 1.165) is 6.42 Å². The molecular weight excluding hydrogens is 280 g/mol. The largest absolute Gasteiger partial charge is 0.488 e. The predicted octanol–water partition coefficient (Wildman–Crippen LogP) is 4.16. The van der Waals surface area contributed by atoms with Crippen molar-refractivity contribution in [3.8, 4) is 5.75 Å². The first-order valence-corrected chi connectivity index (χ1v) is 7.53. The number of ether oxygens (including phenoxy) is 1. The van der Waals surface area contributed by atoms with Gasteiger partial charge >= 0.3 is 0 Å². The number of rotatable bonds is 6. The molecule has 0 bridgehead atoms. The Morgan fingerprint density at radius 2 is 2.16 bits per heavy atom. The standard InChI is InChI=1S/C15H17ClO2S/c1-11(18-13-5-2-4-12(16)10-13)15(17)8-7-14-6-3-9-19-14/h2-6,9-11,15,17H,7-8H2,1H3. The van der Waals surface area contributed by atoms with Crippen molar-refractivity contribution in [3.05, 3.63) is 51.7 Å². The lowest BCUT2D eigenvalue weighted by molar-refractivity contribution is 0.0421. The number of thiophene rings is 1. The van der Waals surface area contributed by atoms with Crippen LogP contribution in [0.25, 0.3) is 0 Å². The van der Waals surface area contributed by atoms with Crippen LogP contribution in [0, 0.1) is 0 Å². The molecule has 0 saturated carbocycles. The molecule has 1 aromatic carbocycles. The van der Waals surface area contributed by atoms with Gasteiger partial charge in [-0.2, -0.15) is 0 Å². The van der Waals surface area contributed by atoms with Crippen LogP contribution in [0.1, 0.15) is 18.2 Å². The molecule has 2 rings (SSSR count). The van der Waals surface area contributed by atoms with Gasteiger partial charge in [-0.15, -0.1) is 11.3 Å². The Morgan fingerprint density at radius 3 is 2.84 bits per heavy atom. The molecule has 0 radical (unpaired) electrons. The summed E-state index contributed by atoms with van der Waals surface area (Å²) in [5, 5.41) is 12.8. The molecule has 0 amide bonds. The number of hydrogen-bond acceptors (Lipinski definition) is 3. The summed E-state index contributed by atoms with van der Waals surface area (Å²) in [6.07, 6.45) is 0.837. The van der Waals surface area contributed by atoms with Gasteiger partial charge in [-0.1, -0.05) is 23.7 Å². The van der Waals surface area contributed by atoms with E-state index in [4.69, 9.17) is 16.3 Å². The summed E-state index contributed by atoms with van der Waals surface area (Å²) >= 11 is 7.61. The molecule has 0 aliphatic carbocycles. The van der Waals surface area contributed by atoms with E-state index in [2.05, 4.69) is 6.07 Å². The Kier molecular flexibility index (Phi) is 5.25. The number of benzene rings is 1. The molecule has 102 valence electrons. The van der Waals surface area contributed by atoms with E-state index < -0.39 is 6.10 Å². The summed E-state index contributed by atoms with van der Waals surface area (Å²) in [5.74, 6) is 0.690. The van der Waals surface area contributed by atoms with Crippen molar-refractivity contribution in [1.29, 1.82) is 0 Å². The van der Waals surface area contributed by atoms with Crippen molar-refractivity contribution in [1.82, 2.24) is 0 Å². The van der Waals surface area contributed by atoms with Crippen LogP contribution in [0.5, 0.6) is 5.75 Å². The fourth-order valence-electron chi connectivity index (χ4n) is 1.81. The lowest BCUT2D eigenvalue weighted by Gasteiger charge is -2.20. The van der Waals surface area contributed by atoms with Gasteiger partial charge in [0.05, 0.1) is 6.10 Å². The minimum atomic E-state index is -0.485. The first-order chi connectivity index (χ1) is 9.15. The Morgan fingerprint density at radius 1 is 1.32 bits per heavy atom. The van der Waals surface area contributed by atoms with E-state index in [9.17, 15) is 5.11 Å². The zero-order valence-electron chi connectivity index (χ0n) is 10.8. The second kappa shape index (κ2) is 6.94. The highest BCUT2D eigenvalue weighted by Gasteiger charge is 2.16. The van der Waals surface area contributed by atoms with Gasteiger partial charge in [0.25, 0.3) is 0 Å². The quantitative estimate of drug-likeness (QED) is 0.867. The average molecular weight is 297 g/mol. The van der Waals surface area contributed by atoms with Gasteiger partial charge in [0.15, 0.2) is 0 Å². The third-order valence-electron chi connectivity index (χ3n) is 2.93. The molecule has 2 atom stereocenters. The van der Waals surface area contributed by atoms with E-state index in [1.165, 1.54) is 4.88 Å². The number of aliphatic hydroxyl groups excluding tert-OH is 1. The molecular formula is C15H17ClO2S. The molecule has 0 spiro atoms. The highest BCUT2D eigenvalue weighted by molar-refractivity contribution is 7.09. The number of aliphatic hydroxyl groups is 1. The number of hydrogen-bond donors (Lipinski definition) is 1. The van der Waals surface area contributed by atoms with Crippen molar-refractivity contribution >= 4 is 22.9 Å². The van der Waals surface area contributed by atoms with Crippen molar-refractivity contribution < 1.29 is 9.84 Å². The first-order valence-electron chi connectivity index (χ1n) is 6.28. The molecule has 19 heavy (non-hydrogen) atoms. The lowest BCUT2D eigenvalue weighted by Crippen LogP contribution is -2.29. The van der Waals surface area contributed by atoms with Crippen LogP contribution in [0.2, 0.25) is 5.02 Å². The maximum atomic E-state index is 10.1. The maximum Gasteiger partial charge on any atom is 0.122 e. The third kappa shape index (κ3) is 4.53.